The Morgan fingerprint density at radius 1 is 1.50 bits per heavy atom. The molecule has 1 aromatic heterocycles. The van der Waals surface area contributed by atoms with E-state index in [9.17, 15) is 18.0 Å². The van der Waals surface area contributed by atoms with Gasteiger partial charge >= 0.3 is 6.18 Å². The fourth-order valence-electron chi connectivity index (χ4n) is 1.89. The van der Waals surface area contributed by atoms with Gasteiger partial charge in [-0.3, -0.25) is 9.78 Å². The lowest BCUT2D eigenvalue weighted by Gasteiger charge is -2.34. The third-order valence-electron chi connectivity index (χ3n) is 2.98. The molecule has 1 atom stereocenters. The fraction of sp³-hybridized carbons (Fsp3) is 0.500. The standard InChI is InChI=1S/C12H12BrF3N2O2/c13-5-9-7-20-4-3-18(9)11(19)10-2-1-8(6-17-10)12(14,15)16/h1-2,6,9H,3-5,7H2. The summed E-state index contributed by atoms with van der Waals surface area (Å²) in [6.07, 6.45) is -3.78. The van der Waals surface area contributed by atoms with Crippen molar-refractivity contribution in [1.29, 1.82) is 0 Å². The van der Waals surface area contributed by atoms with E-state index in [1.54, 1.807) is 4.90 Å². The Bertz CT molecular complexity index is 479. The van der Waals surface area contributed by atoms with Gasteiger partial charge in [-0.25, -0.2) is 0 Å². The summed E-state index contributed by atoms with van der Waals surface area (Å²) in [5.74, 6) is -0.383. The lowest BCUT2D eigenvalue weighted by Crippen LogP contribution is -2.49. The van der Waals surface area contributed by atoms with E-state index >= 15 is 0 Å². The number of nitrogens with zero attached hydrogens (tertiary/aromatic N) is 2. The van der Waals surface area contributed by atoms with Gasteiger partial charge in [-0.15, -0.1) is 0 Å². The summed E-state index contributed by atoms with van der Waals surface area (Å²) in [7, 11) is 0. The molecule has 0 aromatic carbocycles. The summed E-state index contributed by atoms with van der Waals surface area (Å²) in [5.41, 5.74) is -0.862. The lowest BCUT2D eigenvalue weighted by atomic mass is 10.2. The predicted molar refractivity (Wildman–Crippen MR) is 68.7 cm³/mol. The minimum atomic E-state index is -4.45. The highest BCUT2D eigenvalue weighted by Crippen LogP contribution is 2.28. The Morgan fingerprint density at radius 2 is 2.25 bits per heavy atom. The molecule has 0 radical (unpaired) electrons. The number of carbonyl (C=O) groups excluding carboxylic acids is 1. The number of rotatable bonds is 2. The first-order valence-electron chi connectivity index (χ1n) is 5.91. The Kier molecular flexibility index (Phi) is 4.64. The van der Waals surface area contributed by atoms with Crippen LogP contribution in [0, 0.1) is 0 Å². The van der Waals surface area contributed by atoms with E-state index in [4.69, 9.17) is 4.74 Å². The van der Waals surface area contributed by atoms with Gasteiger partial charge in [-0.05, 0) is 12.1 Å². The summed E-state index contributed by atoms with van der Waals surface area (Å²) in [5, 5.41) is 0.541. The summed E-state index contributed by atoms with van der Waals surface area (Å²) in [6, 6.07) is 1.83. The predicted octanol–water partition coefficient (Wildman–Crippen LogP) is 2.34. The number of alkyl halides is 4. The van der Waals surface area contributed by atoms with Gasteiger partial charge in [0.05, 0.1) is 24.8 Å². The second-order valence-corrected chi connectivity index (χ2v) is 4.96. The highest BCUT2D eigenvalue weighted by Gasteiger charge is 2.32. The van der Waals surface area contributed by atoms with E-state index in [0.717, 1.165) is 12.1 Å². The smallest absolute Gasteiger partial charge is 0.377 e. The van der Waals surface area contributed by atoms with Gasteiger partial charge in [0.15, 0.2) is 0 Å². The molecule has 0 aliphatic carbocycles. The first kappa shape index (κ1) is 15.2. The zero-order chi connectivity index (χ0) is 14.8. The molecule has 20 heavy (non-hydrogen) atoms. The topological polar surface area (TPSA) is 42.4 Å². The van der Waals surface area contributed by atoms with Crippen molar-refractivity contribution in [2.75, 3.05) is 25.1 Å². The third kappa shape index (κ3) is 3.29. The average Bonchev–Trinajstić information content (AvgIpc) is 2.45. The molecule has 0 N–H and O–H groups in total. The average molecular weight is 353 g/mol. The van der Waals surface area contributed by atoms with Crippen LogP contribution in [0.5, 0.6) is 0 Å². The molecule has 1 amide bonds. The molecule has 0 saturated carbocycles. The highest BCUT2D eigenvalue weighted by atomic mass is 79.9. The largest absolute Gasteiger partial charge is 0.417 e. The molecular weight excluding hydrogens is 341 g/mol. The molecule has 2 rings (SSSR count). The number of amides is 1. The van der Waals surface area contributed by atoms with Crippen LogP contribution in [0.15, 0.2) is 18.3 Å². The summed E-state index contributed by atoms with van der Waals surface area (Å²) >= 11 is 3.29. The van der Waals surface area contributed by atoms with Crippen LogP contribution in [-0.4, -0.2) is 46.9 Å². The minimum absolute atomic E-state index is 0.00542. The maximum Gasteiger partial charge on any atom is 0.417 e. The maximum atomic E-state index is 12.4. The summed E-state index contributed by atoms with van der Waals surface area (Å²) < 4.78 is 42.6. The first-order chi connectivity index (χ1) is 9.43. The Labute approximate surface area is 122 Å². The molecule has 110 valence electrons. The monoisotopic (exact) mass is 352 g/mol. The quantitative estimate of drug-likeness (QED) is 0.767. The van der Waals surface area contributed by atoms with Crippen molar-refractivity contribution in [3.05, 3.63) is 29.6 Å². The van der Waals surface area contributed by atoms with Gasteiger partial charge in [-0.1, -0.05) is 15.9 Å². The number of pyridine rings is 1. The van der Waals surface area contributed by atoms with Crippen molar-refractivity contribution in [2.24, 2.45) is 0 Å². The minimum Gasteiger partial charge on any atom is -0.377 e. The van der Waals surface area contributed by atoms with Gasteiger partial charge in [0.1, 0.15) is 5.69 Å². The molecule has 1 unspecified atom stereocenters. The zero-order valence-electron chi connectivity index (χ0n) is 10.4. The van der Waals surface area contributed by atoms with Crippen LogP contribution in [0.1, 0.15) is 16.1 Å². The number of hydrogen-bond donors (Lipinski definition) is 0. The van der Waals surface area contributed by atoms with Crippen LogP contribution in [-0.2, 0) is 10.9 Å². The molecule has 1 saturated heterocycles. The highest BCUT2D eigenvalue weighted by molar-refractivity contribution is 9.09. The van der Waals surface area contributed by atoms with E-state index < -0.39 is 11.7 Å². The number of halogens is 4. The number of carbonyl (C=O) groups is 1. The fourth-order valence-corrected chi connectivity index (χ4v) is 2.42. The SMILES string of the molecule is O=C(c1ccc(C(F)(F)F)cn1)N1CCOCC1CBr. The van der Waals surface area contributed by atoms with E-state index in [1.165, 1.54) is 0 Å². The Morgan fingerprint density at radius 3 is 2.80 bits per heavy atom. The van der Waals surface area contributed by atoms with Crippen molar-refractivity contribution < 1.29 is 22.7 Å². The lowest BCUT2D eigenvalue weighted by molar-refractivity contribution is -0.137. The van der Waals surface area contributed by atoms with Crippen LogP contribution < -0.4 is 0 Å². The molecule has 1 aliphatic rings. The summed E-state index contributed by atoms with van der Waals surface area (Å²) in [4.78, 5) is 17.4. The second-order valence-electron chi connectivity index (χ2n) is 4.31. The molecular formula is C12H12BrF3N2O2. The van der Waals surface area contributed by atoms with Crippen molar-refractivity contribution in [3.63, 3.8) is 0 Å². The van der Waals surface area contributed by atoms with Crippen LogP contribution in [0.4, 0.5) is 13.2 Å². The molecule has 1 aromatic rings. The van der Waals surface area contributed by atoms with Gasteiger partial charge in [0.2, 0.25) is 0 Å². The van der Waals surface area contributed by atoms with Gasteiger partial charge in [0, 0.05) is 18.1 Å². The number of hydrogen-bond acceptors (Lipinski definition) is 3. The van der Waals surface area contributed by atoms with Crippen LogP contribution in [0.3, 0.4) is 0 Å². The van der Waals surface area contributed by atoms with Crippen LogP contribution in [0.25, 0.3) is 0 Å². The van der Waals surface area contributed by atoms with Gasteiger partial charge in [0.25, 0.3) is 5.91 Å². The molecule has 8 heteroatoms. The van der Waals surface area contributed by atoms with Gasteiger partial charge in [-0.2, -0.15) is 13.2 Å². The van der Waals surface area contributed by atoms with Crippen molar-refractivity contribution >= 4 is 21.8 Å². The van der Waals surface area contributed by atoms with Crippen LogP contribution in [0.2, 0.25) is 0 Å². The Balaban J connectivity index is 2.16. The molecule has 0 spiro atoms. The van der Waals surface area contributed by atoms with Gasteiger partial charge < -0.3 is 9.64 Å². The van der Waals surface area contributed by atoms with E-state index in [0.29, 0.717) is 31.3 Å². The van der Waals surface area contributed by atoms with E-state index in [-0.39, 0.29) is 17.6 Å². The first-order valence-corrected chi connectivity index (χ1v) is 7.03. The molecule has 0 bridgehead atoms. The van der Waals surface area contributed by atoms with Crippen LogP contribution >= 0.6 is 15.9 Å². The number of morpholine rings is 1. The van der Waals surface area contributed by atoms with E-state index in [1.807, 2.05) is 0 Å². The normalized spacial score (nSPS) is 20.0. The van der Waals surface area contributed by atoms with Crippen molar-refractivity contribution in [2.45, 2.75) is 12.2 Å². The van der Waals surface area contributed by atoms with Crippen molar-refractivity contribution in [1.82, 2.24) is 9.88 Å². The van der Waals surface area contributed by atoms with Crippen molar-refractivity contribution in [3.8, 4) is 0 Å². The van der Waals surface area contributed by atoms with E-state index in [2.05, 4.69) is 20.9 Å². The second kappa shape index (κ2) is 6.09. The molecule has 2 heterocycles. The number of aromatic nitrogens is 1. The summed E-state index contributed by atoms with van der Waals surface area (Å²) in [6.45, 7) is 1.21. The third-order valence-corrected chi connectivity index (χ3v) is 3.72. The number of ether oxygens (including phenoxy) is 1. The molecule has 1 fully saturated rings. The zero-order valence-corrected chi connectivity index (χ0v) is 11.9. The maximum absolute atomic E-state index is 12.4. The molecule has 4 nitrogen and oxygen atoms in total. The Hall–Kier alpha value is -1.15. The molecule has 1 aliphatic heterocycles.